The molecule has 2 rings (SSSR count). The fourth-order valence-corrected chi connectivity index (χ4v) is 1.63. The molecule has 0 saturated carbocycles. The molecule has 0 bridgehead atoms. The van der Waals surface area contributed by atoms with E-state index in [4.69, 9.17) is 5.53 Å². The maximum atomic E-state index is 11.4. The van der Waals surface area contributed by atoms with Gasteiger partial charge in [0.25, 0.3) is 0 Å². The zero-order valence-electron chi connectivity index (χ0n) is 7.42. The maximum absolute atomic E-state index is 11.4. The van der Waals surface area contributed by atoms with Crippen LogP contribution in [0.2, 0.25) is 0 Å². The van der Waals surface area contributed by atoms with E-state index in [0.29, 0.717) is 0 Å². The first-order valence-electron chi connectivity index (χ1n) is 4.31. The Morgan fingerprint density at radius 2 is 2.21 bits per heavy atom. The summed E-state index contributed by atoms with van der Waals surface area (Å²) in [7, 11) is 0. The Balaban J connectivity index is 2.39. The third-order valence-corrected chi connectivity index (χ3v) is 2.29. The van der Waals surface area contributed by atoms with E-state index in [0.717, 1.165) is 17.3 Å². The van der Waals surface area contributed by atoms with Crippen molar-refractivity contribution in [3.05, 3.63) is 47.0 Å². The number of ketones is 1. The number of hydrogen-bond donors (Lipinski definition) is 0. The summed E-state index contributed by atoms with van der Waals surface area (Å²) in [5, 5.41) is 0. The topological polar surface area (TPSA) is 53.5 Å². The van der Waals surface area contributed by atoms with Gasteiger partial charge in [0.2, 0.25) is 5.78 Å². The molecule has 0 saturated heterocycles. The first kappa shape index (κ1) is 8.60. The van der Waals surface area contributed by atoms with E-state index in [1.54, 1.807) is 0 Å². The van der Waals surface area contributed by atoms with E-state index in [-0.39, 0.29) is 11.7 Å². The summed E-state index contributed by atoms with van der Waals surface area (Å²) in [4.78, 5) is 14.2. The van der Waals surface area contributed by atoms with Crippen molar-refractivity contribution in [3.8, 4) is 0 Å². The third kappa shape index (κ3) is 1.30. The molecular formula is C11H8N2O. The van der Waals surface area contributed by atoms with Gasteiger partial charge in [-0.25, -0.2) is 0 Å². The second-order valence-electron chi connectivity index (χ2n) is 3.11. The van der Waals surface area contributed by atoms with Gasteiger partial charge in [0, 0.05) is 0 Å². The van der Waals surface area contributed by atoms with Crippen LogP contribution in [0.15, 0.2) is 30.3 Å². The molecule has 1 aliphatic rings. The molecule has 0 heterocycles. The summed E-state index contributed by atoms with van der Waals surface area (Å²) >= 11 is 0. The quantitative estimate of drug-likeness (QED) is 0.392. The highest BCUT2D eigenvalue weighted by Crippen LogP contribution is 2.29. The average molecular weight is 184 g/mol. The minimum atomic E-state index is -0.290. The van der Waals surface area contributed by atoms with Gasteiger partial charge in [-0.15, -0.1) is 0 Å². The van der Waals surface area contributed by atoms with E-state index < -0.39 is 0 Å². The molecule has 0 aromatic heterocycles. The summed E-state index contributed by atoms with van der Waals surface area (Å²) in [5.74, 6) is -0.490. The molecule has 1 aromatic carbocycles. The van der Waals surface area contributed by atoms with Gasteiger partial charge >= 0.3 is 6.21 Å². The van der Waals surface area contributed by atoms with E-state index in [9.17, 15) is 4.79 Å². The smallest absolute Gasteiger partial charge is 0.324 e. The van der Waals surface area contributed by atoms with Crippen LogP contribution in [0.5, 0.6) is 0 Å². The predicted octanol–water partition coefficient (Wildman–Crippen LogP) is 1.67. The molecule has 3 nitrogen and oxygen atoms in total. The summed E-state index contributed by atoms with van der Waals surface area (Å²) in [5.41, 5.74) is 10.3. The molecule has 0 fully saturated rings. The highest BCUT2D eigenvalue weighted by atomic mass is 16.1. The highest BCUT2D eigenvalue weighted by Gasteiger charge is 2.24. The van der Waals surface area contributed by atoms with Gasteiger partial charge < -0.3 is 5.53 Å². The zero-order valence-corrected chi connectivity index (χ0v) is 7.42. The van der Waals surface area contributed by atoms with Crippen molar-refractivity contribution >= 4 is 18.1 Å². The molecule has 68 valence electrons. The molecule has 0 radical (unpaired) electrons. The summed E-state index contributed by atoms with van der Waals surface area (Å²) < 4.78 is 0. The Labute approximate surface area is 81.3 Å². The third-order valence-electron chi connectivity index (χ3n) is 2.29. The number of allylic oxidation sites excluding steroid dienone is 1. The van der Waals surface area contributed by atoms with Gasteiger partial charge in [0.05, 0.1) is 5.92 Å². The molecule has 0 N–H and O–H groups in total. The van der Waals surface area contributed by atoms with Crippen molar-refractivity contribution in [2.45, 2.75) is 5.92 Å². The van der Waals surface area contributed by atoms with Gasteiger partial charge in [0.1, 0.15) is 0 Å². The molecule has 14 heavy (non-hydrogen) atoms. The lowest BCUT2D eigenvalue weighted by atomic mass is 9.97. The van der Waals surface area contributed by atoms with Gasteiger partial charge in [-0.1, -0.05) is 36.4 Å². The predicted molar refractivity (Wildman–Crippen MR) is 52.9 cm³/mol. The Hall–Kier alpha value is -1.99. The van der Waals surface area contributed by atoms with Crippen molar-refractivity contribution < 1.29 is 9.58 Å². The van der Waals surface area contributed by atoms with E-state index >= 15 is 0 Å². The monoisotopic (exact) mass is 184 g/mol. The van der Waals surface area contributed by atoms with Crippen LogP contribution in [0.4, 0.5) is 0 Å². The molecule has 1 aliphatic carbocycles. The molecule has 1 aromatic rings. The Kier molecular flexibility index (Phi) is 2.09. The molecule has 0 amide bonds. The second kappa shape index (κ2) is 3.40. The molecule has 0 spiro atoms. The van der Waals surface area contributed by atoms with Crippen LogP contribution in [-0.2, 0) is 4.79 Å². The normalized spacial score (nSPS) is 17.3. The van der Waals surface area contributed by atoms with Crippen LogP contribution < -0.4 is 0 Å². The average Bonchev–Trinajstić information content (AvgIpc) is 2.61. The van der Waals surface area contributed by atoms with Crippen molar-refractivity contribution in [1.29, 1.82) is 0 Å². The number of fused-ring (bicyclic) bond motifs is 1. The second-order valence-corrected chi connectivity index (χ2v) is 3.11. The Morgan fingerprint density at radius 3 is 3.00 bits per heavy atom. The van der Waals surface area contributed by atoms with Crippen molar-refractivity contribution in [3.63, 3.8) is 0 Å². The Morgan fingerprint density at radius 1 is 1.43 bits per heavy atom. The number of carbonyl (C=O) groups excluding carboxylic acids is 1. The summed E-state index contributed by atoms with van der Waals surface area (Å²) in [6, 6.07) is 7.68. The van der Waals surface area contributed by atoms with Crippen molar-refractivity contribution in [1.82, 2.24) is 0 Å². The van der Waals surface area contributed by atoms with Gasteiger partial charge in [-0.05, 0) is 11.1 Å². The lowest BCUT2D eigenvalue weighted by Gasteiger charge is -2.03. The fourth-order valence-electron chi connectivity index (χ4n) is 1.63. The molecular weight excluding hydrogens is 176 g/mol. The van der Waals surface area contributed by atoms with Crippen LogP contribution in [0.3, 0.4) is 0 Å². The molecule has 0 aliphatic heterocycles. The van der Waals surface area contributed by atoms with Crippen LogP contribution >= 0.6 is 0 Å². The van der Waals surface area contributed by atoms with E-state index in [1.807, 2.05) is 36.4 Å². The summed E-state index contributed by atoms with van der Waals surface area (Å²) in [6.45, 7) is 0. The van der Waals surface area contributed by atoms with E-state index in [2.05, 4.69) is 4.79 Å². The SMILES string of the molecule is [N-]=[N+]=CC(=O)C1C=Cc2ccccc21. The number of rotatable bonds is 2. The Bertz CT molecular complexity index is 456. The largest absolute Gasteiger partial charge is 0.361 e. The van der Waals surface area contributed by atoms with Crippen LogP contribution in [-0.4, -0.2) is 16.8 Å². The summed E-state index contributed by atoms with van der Waals surface area (Å²) in [6.07, 6.45) is 4.66. The fraction of sp³-hybridized carbons (Fsp3) is 0.0909. The lowest BCUT2D eigenvalue weighted by molar-refractivity contribution is -0.116. The standard InChI is InChI=1S/C11H8N2O/c12-13-7-11(14)10-6-5-8-3-1-2-4-9(8)10/h1-7,10H. The van der Waals surface area contributed by atoms with Crippen LogP contribution in [0, 0.1) is 0 Å². The minimum Gasteiger partial charge on any atom is -0.361 e. The molecule has 1 atom stereocenters. The minimum absolute atomic E-state index is 0.200. The first-order chi connectivity index (χ1) is 6.83. The van der Waals surface area contributed by atoms with Gasteiger partial charge in [-0.3, -0.25) is 4.79 Å². The zero-order chi connectivity index (χ0) is 9.97. The number of hydrogen-bond acceptors (Lipinski definition) is 1. The van der Waals surface area contributed by atoms with Gasteiger partial charge in [-0.2, -0.15) is 4.79 Å². The number of carbonyl (C=O) groups is 1. The number of Topliss-reactive ketones (excluding diaryl/α,β-unsaturated/α-hetero) is 1. The highest BCUT2D eigenvalue weighted by molar-refractivity contribution is 6.29. The first-order valence-corrected chi connectivity index (χ1v) is 4.31. The number of nitrogens with zero attached hydrogens (tertiary/aromatic N) is 2. The molecule has 3 heteroatoms. The number of benzene rings is 1. The van der Waals surface area contributed by atoms with Crippen LogP contribution in [0.1, 0.15) is 17.0 Å². The molecule has 1 unspecified atom stereocenters. The van der Waals surface area contributed by atoms with Crippen LogP contribution in [0.25, 0.3) is 11.6 Å². The van der Waals surface area contributed by atoms with Crippen molar-refractivity contribution in [2.24, 2.45) is 0 Å². The van der Waals surface area contributed by atoms with Crippen molar-refractivity contribution in [2.75, 3.05) is 0 Å². The maximum Gasteiger partial charge on any atom is 0.324 e. The lowest BCUT2D eigenvalue weighted by Crippen LogP contribution is -2.10. The van der Waals surface area contributed by atoms with Gasteiger partial charge in [0.15, 0.2) is 0 Å². The van der Waals surface area contributed by atoms with E-state index in [1.165, 1.54) is 0 Å².